The van der Waals surface area contributed by atoms with Gasteiger partial charge in [-0.05, 0) is 18.2 Å². The van der Waals surface area contributed by atoms with Crippen molar-refractivity contribution in [2.75, 3.05) is 19.8 Å². The lowest BCUT2D eigenvalue weighted by Crippen LogP contribution is -2.29. The van der Waals surface area contributed by atoms with E-state index in [1.807, 2.05) is 0 Å². The van der Waals surface area contributed by atoms with Gasteiger partial charge < -0.3 is 20.9 Å². The first-order valence-corrected chi connectivity index (χ1v) is 6.02. The van der Waals surface area contributed by atoms with E-state index >= 15 is 0 Å². The molecule has 0 saturated heterocycles. The second-order valence-corrected chi connectivity index (χ2v) is 3.99. The van der Waals surface area contributed by atoms with Crippen LogP contribution < -0.4 is 11.1 Å². The van der Waals surface area contributed by atoms with E-state index in [9.17, 15) is 9.59 Å². The summed E-state index contributed by atoms with van der Waals surface area (Å²) in [5, 5.41) is 11.4. The van der Waals surface area contributed by atoms with Crippen molar-refractivity contribution >= 4 is 23.6 Å². The van der Waals surface area contributed by atoms with E-state index in [2.05, 4.69) is 21.9 Å². The van der Waals surface area contributed by atoms with E-state index in [4.69, 9.17) is 22.4 Å². The maximum Gasteiger partial charge on any atom is 0.404 e. The summed E-state index contributed by atoms with van der Waals surface area (Å²) >= 11 is 5.96. The van der Waals surface area contributed by atoms with Crippen molar-refractivity contribution in [2.24, 2.45) is 5.73 Å². The molecular weight excluding hydrogens is 284 g/mol. The van der Waals surface area contributed by atoms with Gasteiger partial charge >= 0.3 is 6.09 Å². The minimum absolute atomic E-state index is 0.00509. The van der Waals surface area contributed by atoms with E-state index in [-0.39, 0.29) is 25.7 Å². The largest absolute Gasteiger partial charge is 0.448 e. The first-order valence-electron chi connectivity index (χ1n) is 5.64. The van der Waals surface area contributed by atoms with Gasteiger partial charge in [-0.2, -0.15) is 0 Å². The van der Waals surface area contributed by atoms with Gasteiger partial charge in [-0.25, -0.2) is 4.79 Å². The lowest BCUT2D eigenvalue weighted by Gasteiger charge is -2.06. The zero-order chi connectivity index (χ0) is 15.0. The second kappa shape index (κ2) is 8.04. The highest BCUT2D eigenvalue weighted by Crippen LogP contribution is 2.16. The van der Waals surface area contributed by atoms with Crippen LogP contribution in [0.3, 0.4) is 0 Å². The Hall–Kier alpha value is -2.23. The van der Waals surface area contributed by atoms with Crippen molar-refractivity contribution in [3.63, 3.8) is 0 Å². The molecule has 0 atom stereocenters. The molecule has 7 heteroatoms. The molecule has 1 aromatic carbocycles. The molecular formula is C13H13ClN2O4. The van der Waals surface area contributed by atoms with Gasteiger partial charge in [0, 0.05) is 11.1 Å². The number of hydrogen-bond donors (Lipinski definition) is 3. The Bertz CT molecular complexity index is 563. The Morgan fingerprint density at radius 3 is 2.80 bits per heavy atom. The van der Waals surface area contributed by atoms with Crippen LogP contribution in [0.15, 0.2) is 18.2 Å². The van der Waals surface area contributed by atoms with Gasteiger partial charge in [-0.1, -0.05) is 23.4 Å². The average Bonchev–Trinajstić information content (AvgIpc) is 2.41. The third-order valence-electron chi connectivity index (χ3n) is 2.17. The number of hydrogen-bond acceptors (Lipinski definition) is 4. The highest BCUT2D eigenvalue weighted by Gasteiger charge is 2.07. The van der Waals surface area contributed by atoms with Crippen molar-refractivity contribution < 1.29 is 19.4 Å². The summed E-state index contributed by atoms with van der Waals surface area (Å²) in [6.07, 6.45) is -0.894. The van der Waals surface area contributed by atoms with Crippen molar-refractivity contribution in [3.8, 4) is 11.8 Å². The van der Waals surface area contributed by atoms with Crippen molar-refractivity contribution in [1.29, 1.82) is 0 Å². The van der Waals surface area contributed by atoms with Crippen LogP contribution in [0.2, 0.25) is 5.02 Å². The Labute approximate surface area is 120 Å². The first kappa shape index (κ1) is 15.8. The Morgan fingerprint density at radius 1 is 1.45 bits per heavy atom. The fraction of sp³-hybridized carbons (Fsp3) is 0.231. The fourth-order valence-corrected chi connectivity index (χ4v) is 1.54. The molecule has 0 fully saturated rings. The van der Waals surface area contributed by atoms with Crippen LogP contribution in [0.5, 0.6) is 0 Å². The number of nitrogens with two attached hydrogens (primary N) is 1. The monoisotopic (exact) mass is 296 g/mol. The van der Waals surface area contributed by atoms with Crippen LogP contribution in [0.25, 0.3) is 0 Å². The van der Waals surface area contributed by atoms with Crippen LogP contribution >= 0.6 is 11.6 Å². The molecule has 1 rings (SSSR count). The third-order valence-corrected chi connectivity index (χ3v) is 2.48. The number of halogens is 1. The normalized spacial score (nSPS) is 9.30. The topological polar surface area (TPSA) is 102 Å². The minimum atomic E-state index is -0.894. The average molecular weight is 297 g/mol. The summed E-state index contributed by atoms with van der Waals surface area (Å²) in [4.78, 5) is 22.1. The van der Waals surface area contributed by atoms with Gasteiger partial charge in [-0.15, -0.1) is 0 Å². The highest BCUT2D eigenvalue weighted by molar-refractivity contribution is 6.32. The number of benzene rings is 1. The zero-order valence-electron chi connectivity index (χ0n) is 10.5. The molecule has 0 radical (unpaired) electrons. The number of aliphatic hydroxyl groups excluding tert-OH is 1. The number of nitrogens with one attached hydrogen (secondary N) is 1. The number of carbonyl (C=O) groups excluding carboxylic acids is 2. The summed E-state index contributed by atoms with van der Waals surface area (Å²) in [6.45, 7) is -0.126. The smallest absolute Gasteiger partial charge is 0.404 e. The molecule has 0 heterocycles. The second-order valence-electron chi connectivity index (χ2n) is 3.58. The van der Waals surface area contributed by atoms with Gasteiger partial charge in [0.05, 0.1) is 11.6 Å². The van der Waals surface area contributed by atoms with E-state index < -0.39 is 6.09 Å². The number of amides is 2. The molecule has 0 aliphatic heterocycles. The van der Waals surface area contributed by atoms with E-state index in [1.165, 1.54) is 6.07 Å². The Balaban J connectivity index is 2.61. The molecule has 106 valence electrons. The molecule has 6 nitrogen and oxygen atoms in total. The molecule has 20 heavy (non-hydrogen) atoms. The third kappa shape index (κ3) is 5.18. The lowest BCUT2D eigenvalue weighted by atomic mass is 10.1. The highest BCUT2D eigenvalue weighted by atomic mass is 35.5. The maximum atomic E-state index is 11.7. The fourth-order valence-electron chi connectivity index (χ4n) is 1.31. The van der Waals surface area contributed by atoms with Crippen molar-refractivity contribution in [1.82, 2.24) is 5.32 Å². The predicted molar refractivity (Wildman–Crippen MR) is 73.3 cm³/mol. The van der Waals surface area contributed by atoms with Gasteiger partial charge in [0.2, 0.25) is 0 Å². The zero-order valence-corrected chi connectivity index (χ0v) is 11.2. The van der Waals surface area contributed by atoms with Crippen LogP contribution in [-0.4, -0.2) is 36.9 Å². The van der Waals surface area contributed by atoms with Gasteiger partial charge in [0.1, 0.15) is 13.2 Å². The molecule has 0 bridgehead atoms. The van der Waals surface area contributed by atoms with Crippen LogP contribution in [0.1, 0.15) is 15.9 Å². The summed E-state index contributed by atoms with van der Waals surface area (Å²) in [5.74, 6) is 4.77. The van der Waals surface area contributed by atoms with E-state index in [1.54, 1.807) is 12.1 Å². The van der Waals surface area contributed by atoms with E-state index in [0.29, 0.717) is 16.1 Å². The lowest BCUT2D eigenvalue weighted by molar-refractivity contribution is 0.0937. The molecule has 0 aliphatic rings. The molecule has 2 amide bonds. The first-order chi connectivity index (χ1) is 9.54. The SMILES string of the molecule is NC(=O)OCCNC(=O)c1ccc(C#CCO)c(Cl)c1. The van der Waals surface area contributed by atoms with Crippen molar-refractivity contribution in [3.05, 3.63) is 34.3 Å². The van der Waals surface area contributed by atoms with Crippen molar-refractivity contribution in [2.45, 2.75) is 0 Å². The van der Waals surface area contributed by atoms with Gasteiger partial charge in [0.15, 0.2) is 0 Å². The van der Waals surface area contributed by atoms with Gasteiger partial charge in [0.25, 0.3) is 5.91 Å². The number of carbonyl (C=O) groups is 2. The Morgan fingerprint density at radius 2 is 2.20 bits per heavy atom. The van der Waals surface area contributed by atoms with E-state index in [0.717, 1.165) is 0 Å². The summed E-state index contributed by atoms with van der Waals surface area (Å²) in [5.41, 5.74) is 5.65. The molecule has 4 N–H and O–H groups in total. The quantitative estimate of drug-likeness (QED) is 0.556. The Kier molecular flexibility index (Phi) is 6.37. The molecule has 0 saturated carbocycles. The number of ether oxygens (including phenoxy) is 1. The van der Waals surface area contributed by atoms with Crippen LogP contribution in [-0.2, 0) is 4.74 Å². The summed E-state index contributed by atoms with van der Waals surface area (Å²) in [6, 6.07) is 4.60. The maximum absolute atomic E-state index is 11.7. The van der Waals surface area contributed by atoms with Crippen LogP contribution in [0.4, 0.5) is 4.79 Å². The predicted octanol–water partition coefficient (Wildman–Crippen LogP) is 0.509. The molecule has 0 aliphatic carbocycles. The number of aliphatic hydroxyl groups is 1. The number of rotatable bonds is 4. The molecule has 1 aromatic rings. The molecule has 0 aromatic heterocycles. The number of primary amides is 1. The molecule has 0 unspecified atom stereocenters. The molecule has 0 spiro atoms. The summed E-state index contributed by atoms with van der Waals surface area (Å²) < 4.78 is 4.47. The standard InChI is InChI=1S/C13H13ClN2O4/c14-11-8-10(4-3-9(11)2-1-6-17)12(18)16-5-7-20-13(15)19/h3-4,8,17H,5-7H2,(H2,15,19)(H,16,18). The minimum Gasteiger partial charge on any atom is -0.448 e. The van der Waals surface area contributed by atoms with Gasteiger partial charge in [-0.3, -0.25) is 4.79 Å². The van der Waals surface area contributed by atoms with Crippen LogP contribution in [0, 0.1) is 11.8 Å². The summed E-state index contributed by atoms with van der Waals surface area (Å²) in [7, 11) is 0.